The lowest BCUT2D eigenvalue weighted by atomic mass is 9.94. The van der Waals surface area contributed by atoms with Gasteiger partial charge in [0.15, 0.2) is 0 Å². The Morgan fingerprint density at radius 2 is 2.20 bits per heavy atom. The molecular weight excluding hydrogens is 252 g/mol. The molecule has 1 fully saturated rings. The van der Waals surface area contributed by atoms with Gasteiger partial charge in [0.05, 0.1) is 0 Å². The van der Waals surface area contributed by atoms with Crippen molar-refractivity contribution in [3.63, 3.8) is 0 Å². The van der Waals surface area contributed by atoms with Crippen LogP contribution in [0.1, 0.15) is 35.3 Å². The van der Waals surface area contributed by atoms with Gasteiger partial charge in [0, 0.05) is 19.3 Å². The van der Waals surface area contributed by atoms with Crippen LogP contribution >= 0.6 is 0 Å². The van der Waals surface area contributed by atoms with Crippen molar-refractivity contribution in [3.05, 3.63) is 29.6 Å². The number of likely N-dealkylation sites (tertiary alicyclic amines) is 1. The molecule has 2 rings (SSSR count). The second kappa shape index (κ2) is 7.36. The zero-order valence-electron chi connectivity index (χ0n) is 12.1. The van der Waals surface area contributed by atoms with Gasteiger partial charge in [-0.05, 0) is 56.9 Å². The monoisotopic (exact) mass is 276 g/mol. The summed E-state index contributed by atoms with van der Waals surface area (Å²) in [5.41, 5.74) is 6.91. The van der Waals surface area contributed by atoms with Gasteiger partial charge in [-0.25, -0.2) is 0 Å². The van der Waals surface area contributed by atoms with Crippen LogP contribution < -0.4 is 11.1 Å². The van der Waals surface area contributed by atoms with E-state index in [4.69, 9.17) is 5.73 Å². The van der Waals surface area contributed by atoms with Crippen molar-refractivity contribution in [1.82, 2.24) is 15.2 Å². The predicted octanol–water partition coefficient (Wildman–Crippen LogP) is 1.00. The molecule has 5 nitrogen and oxygen atoms in total. The van der Waals surface area contributed by atoms with E-state index in [0.29, 0.717) is 12.2 Å². The van der Waals surface area contributed by atoms with Crippen LogP contribution in [0.5, 0.6) is 0 Å². The topological polar surface area (TPSA) is 71.2 Å². The fourth-order valence-corrected chi connectivity index (χ4v) is 2.51. The van der Waals surface area contributed by atoms with E-state index in [1.165, 1.54) is 25.9 Å². The van der Waals surface area contributed by atoms with Crippen LogP contribution in [0, 0.1) is 5.92 Å². The van der Waals surface area contributed by atoms with Gasteiger partial charge in [-0.15, -0.1) is 0 Å². The molecule has 20 heavy (non-hydrogen) atoms. The van der Waals surface area contributed by atoms with Gasteiger partial charge in [-0.1, -0.05) is 6.07 Å². The molecule has 1 saturated heterocycles. The molecule has 3 N–H and O–H groups in total. The summed E-state index contributed by atoms with van der Waals surface area (Å²) >= 11 is 0. The third-order valence-corrected chi connectivity index (χ3v) is 3.97. The molecule has 1 amide bonds. The highest BCUT2D eigenvalue weighted by molar-refractivity contribution is 5.92. The quantitative estimate of drug-likeness (QED) is 0.841. The second-order valence-electron chi connectivity index (χ2n) is 5.55. The van der Waals surface area contributed by atoms with Crippen LogP contribution in [0.15, 0.2) is 18.3 Å². The third-order valence-electron chi connectivity index (χ3n) is 3.97. The molecule has 2 heterocycles. The normalized spacial score (nSPS) is 17.1. The minimum atomic E-state index is -0.0958. The van der Waals surface area contributed by atoms with E-state index in [-0.39, 0.29) is 5.91 Å². The summed E-state index contributed by atoms with van der Waals surface area (Å²) in [6.07, 6.45) is 5.18. The number of carbonyl (C=O) groups excluding carboxylic acids is 1. The molecule has 1 aromatic heterocycles. The summed E-state index contributed by atoms with van der Waals surface area (Å²) in [7, 11) is 2.16. The van der Waals surface area contributed by atoms with Gasteiger partial charge < -0.3 is 16.0 Å². The maximum Gasteiger partial charge on any atom is 0.269 e. The number of pyridine rings is 1. The van der Waals surface area contributed by atoms with Crippen molar-refractivity contribution in [2.75, 3.05) is 26.7 Å². The summed E-state index contributed by atoms with van der Waals surface area (Å²) < 4.78 is 0. The van der Waals surface area contributed by atoms with Gasteiger partial charge in [0.25, 0.3) is 5.91 Å². The number of rotatable bonds is 5. The molecule has 0 aromatic carbocycles. The number of piperidine rings is 1. The zero-order chi connectivity index (χ0) is 14.4. The highest BCUT2D eigenvalue weighted by atomic mass is 16.1. The highest BCUT2D eigenvalue weighted by Gasteiger charge is 2.16. The fourth-order valence-electron chi connectivity index (χ4n) is 2.51. The van der Waals surface area contributed by atoms with Gasteiger partial charge in [0.1, 0.15) is 5.69 Å². The molecular formula is C15H24N4O. The Labute approximate surface area is 120 Å². The molecule has 0 radical (unpaired) electrons. The van der Waals surface area contributed by atoms with E-state index in [9.17, 15) is 4.79 Å². The van der Waals surface area contributed by atoms with E-state index in [2.05, 4.69) is 22.2 Å². The number of aromatic nitrogens is 1. The van der Waals surface area contributed by atoms with Crippen molar-refractivity contribution < 1.29 is 4.79 Å². The Bertz CT molecular complexity index is 424. The average Bonchev–Trinajstić information content (AvgIpc) is 2.49. The van der Waals surface area contributed by atoms with E-state index in [1.807, 2.05) is 6.07 Å². The fraction of sp³-hybridized carbons (Fsp3) is 0.600. The van der Waals surface area contributed by atoms with E-state index < -0.39 is 0 Å². The first-order valence-corrected chi connectivity index (χ1v) is 7.31. The van der Waals surface area contributed by atoms with Crippen LogP contribution in [-0.4, -0.2) is 42.5 Å². The summed E-state index contributed by atoms with van der Waals surface area (Å²) in [6.45, 7) is 3.51. The van der Waals surface area contributed by atoms with Crippen LogP contribution in [0.4, 0.5) is 0 Å². The highest BCUT2D eigenvalue weighted by Crippen LogP contribution is 2.18. The van der Waals surface area contributed by atoms with Crippen molar-refractivity contribution in [1.29, 1.82) is 0 Å². The Hall–Kier alpha value is -1.46. The molecule has 0 unspecified atom stereocenters. The first-order valence-electron chi connectivity index (χ1n) is 7.31. The van der Waals surface area contributed by atoms with Crippen LogP contribution in [0.2, 0.25) is 0 Å². The Balaban J connectivity index is 1.71. The Kier molecular flexibility index (Phi) is 5.49. The lowest BCUT2D eigenvalue weighted by molar-refractivity contribution is 0.0944. The molecule has 5 heteroatoms. The number of nitrogens with one attached hydrogen (secondary N) is 1. The molecule has 0 spiro atoms. The molecule has 1 aliphatic rings. The van der Waals surface area contributed by atoms with Crippen LogP contribution in [-0.2, 0) is 6.54 Å². The predicted molar refractivity (Wildman–Crippen MR) is 79.3 cm³/mol. The average molecular weight is 276 g/mol. The second-order valence-corrected chi connectivity index (χ2v) is 5.55. The number of nitrogens with zero attached hydrogens (tertiary/aromatic N) is 2. The Morgan fingerprint density at radius 3 is 2.80 bits per heavy atom. The summed E-state index contributed by atoms with van der Waals surface area (Å²) in [5.74, 6) is 0.639. The van der Waals surface area contributed by atoms with Crippen LogP contribution in [0.25, 0.3) is 0 Å². The van der Waals surface area contributed by atoms with Crippen molar-refractivity contribution in [2.24, 2.45) is 11.7 Å². The molecule has 1 aliphatic heterocycles. The minimum Gasteiger partial charge on any atom is -0.351 e. The lowest BCUT2D eigenvalue weighted by Crippen LogP contribution is -2.32. The SMILES string of the molecule is CN1CCC(CCNC(=O)c2ccc(CN)cn2)CC1. The number of nitrogens with two attached hydrogens (primary N) is 1. The summed E-state index contributed by atoms with van der Waals surface area (Å²) in [4.78, 5) is 18.4. The molecule has 0 aliphatic carbocycles. The number of carbonyl (C=O) groups is 1. The molecule has 110 valence electrons. The third kappa shape index (κ3) is 4.28. The zero-order valence-corrected chi connectivity index (χ0v) is 12.1. The molecule has 0 saturated carbocycles. The molecule has 0 atom stereocenters. The standard InChI is InChI=1S/C15H24N4O/c1-19-8-5-12(6-9-19)4-7-17-15(20)14-3-2-13(10-16)11-18-14/h2-3,11-12H,4-10,16H2,1H3,(H,17,20). The minimum absolute atomic E-state index is 0.0958. The van der Waals surface area contributed by atoms with E-state index in [1.54, 1.807) is 12.3 Å². The lowest BCUT2D eigenvalue weighted by Gasteiger charge is -2.28. The number of amides is 1. The summed E-state index contributed by atoms with van der Waals surface area (Å²) in [6, 6.07) is 3.58. The van der Waals surface area contributed by atoms with Gasteiger partial charge >= 0.3 is 0 Å². The van der Waals surface area contributed by atoms with Crippen molar-refractivity contribution in [2.45, 2.75) is 25.8 Å². The van der Waals surface area contributed by atoms with Crippen LogP contribution in [0.3, 0.4) is 0 Å². The van der Waals surface area contributed by atoms with Crippen molar-refractivity contribution in [3.8, 4) is 0 Å². The summed E-state index contributed by atoms with van der Waals surface area (Å²) in [5, 5.41) is 2.95. The number of hydrogen-bond acceptors (Lipinski definition) is 4. The van der Waals surface area contributed by atoms with E-state index >= 15 is 0 Å². The maximum absolute atomic E-state index is 11.9. The molecule has 0 bridgehead atoms. The van der Waals surface area contributed by atoms with Gasteiger partial charge in [-0.2, -0.15) is 0 Å². The first-order chi connectivity index (χ1) is 9.69. The maximum atomic E-state index is 11.9. The number of hydrogen-bond donors (Lipinski definition) is 2. The van der Waals surface area contributed by atoms with Crippen molar-refractivity contribution >= 4 is 5.91 Å². The smallest absolute Gasteiger partial charge is 0.269 e. The van der Waals surface area contributed by atoms with Gasteiger partial charge in [-0.3, -0.25) is 9.78 Å². The molecule has 1 aromatic rings. The van der Waals surface area contributed by atoms with E-state index in [0.717, 1.165) is 24.4 Å². The Morgan fingerprint density at radius 1 is 1.45 bits per heavy atom. The van der Waals surface area contributed by atoms with Gasteiger partial charge in [0.2, 0.25) is 0 Å². The first kappa shape index (κ1) is 14.9. The largest absolute Gasteiger partial charge is 0.351 e.